The molecule has 1 heteroatoms. The molecule has 0 spiro atoms. The van der Waals surface area contributed by atoms with Crippen LogP contribution in [-0.2, 0) is 5.54 Å². The third-order valence-electron chi connectivity index (χ3n) is 3.51. The lowest BCUT2D eigenvalue weighted by atomic mass is 9.78. The molecule has 1 saturated heterocycles. The van der Waals surface area contributed by atoms with Crippen molar-refractivity contribution >= 4 is 0 Å². The molecule has 1 aliphatic heterocycles. The second-order valence-electron chi connectivity index (χ2n) is 5.95. The maximum absolute atomic E-state index is 2.56. The molecule has 0 aliphatic carbocycles. The number of rotatable bonds is 2. The first-order valence-electron chi connectivity index (χ1n) is 5.72. The van der Waals surface area contributed by atoms with Crippen LogP contribution >= 0.6 is 0 Å². The van der Waals surface area contributed by atoms with Crippen LogP contribution < -0.4 is 0 Å². The number of likely N-dealkylation sites (tertiary alicyclic amines) is 1. The Morgan fingerprint density at radius 2 is 1.60 bits per heavy atom. The average Bonchev–Trinajstić information content (AvgIpc) is 2.15. The van der Waals surface area contributed by atoms with E-state index in [1.165, 1.54) is 18.7 Å². The van der Waals surface area contributed by atoms with E-state index in [4.69, 9.17) is 0 Å². The molecule has 1 aliphatic rings. The topological polar surface area (TPSA) is 3.24 Å². The van der Waals surface area contributed by atoms with E-state index in [0.29, 0.717) is 5.41 Å². The Morgan fingerprint density at radius 1 is 1.07 bits per heavy atom. The zero-order valence-electron chi connectivity index (χ0n) is 10.2. The maximum Gasteiger partial charge on any atom is 0.0404 e. The molecular formula is C14H21N. The molecule has 0 unspecified atom stereocenters. The molecule has 0 N–H and O–H groups in total. The van der Waals surface area contributed by atoms with E-state index in [9.17, 15) is 0 Å². The van der Waals surface area contributed by atoms with Crippen molar-refractivity contribution < 1.29 is 0 Å². The van der Waals surface area contributed by atoms with Gasteiger partial charge in [-0.05, 0) is 24.8 Å². The molecule has 2 rings (SSSR count). The van der Waals surface area contributed by atoms with Crippen LogP contribution in [0.4, 0.5) is 0 Å². The van der Waals surface area contributed by atoms with Crippen LogP contribution in [0.25, 0.3) is 0 Å². The predicted octanol–water partition coefficient (Wildman–Crippen LogP) is 3.26. The van der Waals surface area contributed by atoms with Crippen LogP contribution in [0.5, 0.6) is 0 Å². The summed E-state index contributed by atoms with van der Waals surface area (Å²) in [5.41, 5.74) is 2.10. The molecule has 0 radical (unpaired) electrons. The minimum Gasteiger partial charge on any atom is -0.293 e. The molecule has 1 aromatic rings. The fourth-order valence-electron chi connectivity index (χ4n) is 2.41. The van der Waals surface area contributed by atoms with Crippen LogP contribution in [0.3, 0.4) is 0 Å². The molecule has 82 valence electrons. The Labute approximate surface area is 93.1 Å². The van der Waals surface area contributed by atoms with Crippen LogP contribution in [0.1, 0.15) is 33.3 Å². The number of hydrogen-bond acceptors (Lipinski definition) is 1. The minimum atomic E-state index is 0.177. The summed E-state index contributed by atoms with van der Waals surface area (Å²) in [5.74, 6) is 0. The Hall–Kier alpha value is -0.820. The van der Waals surface area contributed by atoms with E-state index in [-0.39, 0.29) is 5.54 Å². The smallest absolute Gasteiger partial charge is 0.0404 e. The Bertz CT molecular complexity index is 330. The van der Waals surface area contributed by atoms with Crippen molar-refractivity contribution in [2.45, 2.75) is 33.2 Å². The van der Waals surface area contributed by atoms with E-state index < -0.39 is 0 Å². The van der Waals surface area contributed by atoms with Gasteiger partial charge in [-0.3, -0.25) is 4.90 Å². The lowest BCUT2D eigenvalue weighted by Crippen LogP contribution is -2.59. The van der Waals surface area contributed by atoms with Crippen molar-refractivity contribution in [2.24, 2.45) is 5.41 Å². The monoisotopic (exact) mass is 203 g/mol. The largest absolute Gasteiger partial charge is 0.293 e. The van der Waals surface area contributed by atoms with E-state index >= 15 is 0 Å². The van der Waals surface area contributed by atoms with E-state index in [1.807, 2.05) is 0 Å². The molecule has 15 heavy (non-hydrogen) atoms. The molecule has 1 nitrogen and oxygen atoms in total. The van der Waals surface area contributed by atoms with Gasteiger partial charge in [0.15, 0.2) is 0 Å². The van der Waals surface area contributed by atoms with Gasteiger partial charge in [0, 0.05) is 18.6 Å². The lowest BCUT2D eigenvalue weighted by molar-refractivity contribution is -0.0476. The molecule has 0 bridgehead atoms. The fraction of sp³-hybridized carbons (Fsp3) is 0.571. The summed E-state index contributed by atoms with van der Waals surface area (Å²) in [5, 5.41) is 0. The molecule has 1 fully saturated rings. The SMILES string of the molecule is CC1(C)CN(C(C)(C)c2ccccc2)C1. The van der Waals surface area contributed by atoms with Crippen molar-refractivity contribution in [3.63, 3.8) is 0 Å². The van der Waals surface area contributed by atoms with Crippen LogP contribution in [0.2, 0.25) is 0 Å². The van der Waals surface area contributed by atoms with Crippen molar-refractivity contribution in [1.82, 2.24) is 4.90 Å². The predicted molar refractivity (Wildman–Crippen MR) is 64.8 cm³/mol. The first-order valence-corrected chi connectivity index (χ1v) is 5.72. The second-order valence-corrected chi connectivity index (χ2v) is 5.95. The summed E-state index contributed by atoms with van der Waals surface area (Å²) in [6, 6.07) is 10.8. The van der Waals surface area contributed by atoms with Gasteiger partial charge in [0.05, 0.1) is 0 Å². The van der Waals surface area contributed by atoms with Gasteiger partial charge in [-0.25, -0.2) is 0 Å². The summed E-state index contributed by atoms with van der Waals surface area (Å²) < 4.78 is 0. The Kier molecular flexibility index (Phi) is 2.38. The maximum atomic E-state index is 2.56. The van der Waals surface area contributed by atoms with E-state index in [0.717, 1.165) is 0 Å². The quantitative estimate of drug-likeness (QED) is 0.713. The van der Waals surface area contributed by atoms with Gasteiger partial charge in [0.1, 0.15) is 0 Å². The van der Waals surface area contributed by atoms with Crippen LogP contribution in [0.15, 0.2) is 30.3 Å². The van der Waals surface area contributed by atoms with Gasteiger partial charge >= 0.3 is 0 Å². The molecule has 0 saturated carbocycles. The van der Waals surface area contributed by atoms with E-state index in [2.05, 4.69) is 62.9 Å². The van der Waals surface area contributed by atoms with Crippen molar-refractivity contribution in [3.8, 4) is 0 Å². The van der Waals surface area contributed by atoms with Crippen LogP contribution in [0, 0.1) is 5.41 Å². The van der Waals surface area contributed by atoms with Gasteiger partial charge in [-0.2, -0.15) is 0 Å². The second kappa shape index (κ2) is 3.34. The lowest BCUT2D eigenvalue weighted by Gasteiger charge is -2.54. The highest BCUT2D eigenvalue weighted by molar-refractivity contribution is 5.24. The average molecular weight is 203 g/mol. The zero-order chi connectivity index (χ0) is 11.1. The standard InChI is InChI=1S/C14H21N/c1-13(2)10-15(11-13)14(3,4)12-8-6-5-7-9-12/h5-9H,10-11H2,1-4H3. The molecule has 0 aromatic heterocycles. The van der Waals surface area contributed by atoms with Gasteiger partial charge < -0.3 is 0 Å². The summed E-state index contributed by atoms with van der Waals surface area (Å²) in [6.45, 7) is 11.7. The van der Waals surface area contributed by atoms with Gasteiger partial charge in [0.25, 0.3) is 0 Å². The third-order valence-corrected chi connectivity index (χ3v) is 3.51. The van der Waals surface area contributed by atoms with Crippen LogP contribution in [-0.4, -0.2) is 18.0 Å². The van der Waals surface area contributed by atoms with Crippen molar-refractivity contribution in [3.05, 3.63) is 35.9 Å². The van der Waals surface area contributed by atoms with Gasteiger partial charge in [-0.15, -0.1) is 0 Å². The highest BCUT2D eigenvalue weighted by Gasteiger charge is 2.42. The van der Waals surface area contributed by atoms with E-state index in [1.54, 1.807) is 0 Å². The van der Waals surface area contributed by atoms with Crippen molar-refractivity contribution in [2.75, 3.05) is 13.1 Å². The van der Waals surface area contributed by atoms with Gasteiger partial charge in [0.2, 0.25) is 0 Å². The molecule has 0 amide bonds. The summed E-state index contributed by atoms with van der Waals surface area (Å²) >= 11 is 0. The fourth-order valence-corrected chi connectivity index (χ4v) is 2.41. The Balaban J connectivity index is 2.15. The molecular weight excluding hydrogens is 182 g/mol. The van der Waals surface area contributed by atoms with Gasteiger partial charge in [-0.1, -0.05) is 44.2 Å². The first kappa shape index (κ1) is 10.7. The highest BCUT2D eigenvalue weighted by Crippen LogP contribution is 2.39. The normalized spacial score (nSPS) is 21.1. The number of nitrogens with zero attached hydrogens (tertiary/aromatic N) is 1. The molecule has 1 heterocycles. The minimum absolute atomic E-state index is 0.177. The highest BCUT2D eigenvalue weighted by atomic mass is 15.3. The number of hydrogen-bond donors (Lipinski definition) is 0. The van der Waals surface area contributed by atoms with Crippen molar-refractivity contribution in [1.29, 1.82) is 0 Å². The number of benzene rings is 1. The Morgan fingerprint density at radius 3 is 2.07 bits per heavy atom. The molecule has 0 atom stereocenters. The first-order chi connectivity index (χ1) is 6.92. The zero-order valence-corrected chi connectivity index (χ0v) is 10.2. The summed E-state index contributed by atoms with van der Waals surface area (Å²) in [4.78, 5) is 2.56. The third kappa shape index (κ3) is 1.93. The summed E-state index contributed by atoms with van der Waals surface area (Å²) in [6.07, 6.45) is 0. The molecule has 1 aromatic carbocycles. The summed E-state index contributed by atoms with van der Waals surface area (Å²) in [7, 11) is 0.